The molecule has 3 amide bonds. The van der Waals surface area contributed by atoms with Gasteiger partial charge >= 0.3 is 12.0 Å². The lowest BCUT2D eigenvalue weighted by molar-refractivity contribution is -0.143. The van der Waals surface area contributed by atoms with Crippen LogP contribution in [0.3, 0.4) is 0 Å². The fraction of sp³-hybridized carbons (Fsp3) is 0.700. The first kappa shape index (κ1) is 15.4. The number of amides is 3. The van der Waals surface area contributed by atoms with Crippen LogP contribution in [0.4, 0.5) is 4.79 Å². The number of hydrogen-bond acceptors (Lipinski definition) is 5. The molecule has 0 aromatic rings. The minimum absolute atomic E-state index is 0.0263. The highest BCUT2D eigenvalue weighted by Gasteiger charge is 2.26. The first-order valence-electron chi connectivity index (χ1n) is 5.22. The second-order valence-corrected chi connectivity index (χ2v) is 3.87. The third kappa shape index (κ3) is 5.30. The molecule has 0 aliphatic heterocycles. The predicted molar refractivity (Wildman–Crippen MR) is 61.0 cm³/mol. The Bertz CT molecular complexity index is 304. The van der Waals surface area contributed by atoms with Gasteiger partial charge in [0.2, 0.25) is 5.91 Å². The number of carbonyl (C=O) groups excluding carboxylic acids is 3. The van der Waals surface area contributed by atoms with Gasteiger partial charge in [-0.3, -0.25) is 19.8 Å². The van der Waals surface area contributed by atoms with Gasteiger partial charge in [-0.1, -0.05) is 0 Å². The fourth-order valence-corrected chi connectivity index (χ4v) is 1.36. The molecule has 0 fully saturated rings. The van der Waals surface area contributed by atoms with Gasteiger partial charge in [0.1, 0.15) is 0 Å². The molecule has 1 atom stereocenters. The monoisotopic (exact) mass is 245 g/mol. The van der Waals surface area contributed by atoms with Gasteiger partial charge in [-0.2, -0.15) is 0 Å². The standard InChI is InChI=1S/C10H19N3O4/c1-6(2)13(5-8(14)17-4)7(3)9(15)12-10(11)16/h6-7H,5H2,1-4H3,(H3,11,12,15,16). The zero-order valence-electron chi connectivity index (χ0n) is 10.5. The fourth-order valence-electron chi connectivity index (χ4n) is 1.36. The zero-order valence-corrected chi connectivity index (χ0v) is 10.5. The van der Waals surface area contributed by atoms with Crippen LogP contribution in [-0.2, 0) is 14.3 Å². The number of nitrogens with one attached hydrogen (secondary N) is 1. The molecule has 0 saturated carbocycles. The van der Waals surface area contributed by atoms with Crippen molar-refractivity contribution in [2.45, 2.75) is 32.9 Å². The Balaban J connectivity index is 4.64. The molecule has 1 unspecified atom stereocenters. The van der Waals surface area contributed by atoms with Gasteiger partial charge in [-0.05, 0) is 20.8 Å². The van der Waals surface area contributed by atoms with Crippen LogP contribution in [0.2, 0.25) is 0 Å². The second-order valence-electron chi connectivity index (χ2n) is 3.87. The third-order valence-corrected chi connectivity index (χ3v) is 2.33. The number of carbonyl (C=O) groups is 3. The van der Waals surface area contributed by atoms with Crippen molar-refractivity contribution >= 4 is 17.9 Å². The summed E-state index contributed by atoms with van der Waals surface area (Å²) in [6.45, 7) is 5.22. The number of hydrogen-bond donors (Lipinski definition) is 2. The summed E-state index contributed by atoms with van der Waals surface area (Å²) in [6.07, 6.45) is 0. The van der Waals surface area contributed by atoms with Crippen LogP contribution in [0.5, 0.6) is 0 Å². The van der Waals surface area contributed by atoms with Crippen LogP contribution in [0.15, 0.2) is 0 Å². The number of nitrogens with zero attached hydrogens (tertiary/aromatic N) is 1. The van der Waals surface area contributed by atoms with E-state index in [1.165, 1.54) is 7.11 Å². The van der Waals surface area contributed by atoms with E-state index in [9.17, 15) is 14.4 Å². The molecule has 0 spiro atoms. The lowest BCUT2D eigenvalue weighted by Crippen LogP contribution is -2.52. The van der Waals surface area contributed by atoms with Crippen molar-refractivity contribution in [1.82, 2.24) is 10.2 Å². The number of esters is 1. The number of rotatable bonds is 5. The number of nitrogens with two attached hydrogens (primary N) is 1. The number of methoxy groups -OCH3 is 1. The predicted octanol–water partition coefficient (Wildman–Crippen LogP) is -0.547. The molecular formula is C10H19N3O4. The smallest absolute Gasteiger partial charge is 0.319 e. The van der Waals surface area contributed by atoms with Gasteiger partial charge in [-0.15, -0.1) is 0 Å². The molecule has 0 rings (SSSR count). The molecule has 0 radical (unpaired) electrons. The lowest BCUT2D eigenvalue weighted by Gasteiger charge is -2.30. The molecule has 0 aromatic heterocycles. The van der Waals surface area contributed by atoms with Crippen LogP contribution in [0.1, 0.15) is 20.8 Å². The molecule has 17 heavy (non-hydrogen) atoms. The highest BCUT2D eigenvalue weighted by molar-refractivity contribution is 5.96. The Labute approximate surface area is 100 Å². The summed E-state index contributed by atoms with van der Waals surface area (Å²) >= 11 is 0. The normalized spacial score (nSPS) is 12.4. The number of ether oxygens (including phenoxy) is 1. The van der Waals surface area contributed by atoms with E-state index in [4.69, 9.17) is 5.73 Å². The summed E-state index contributed by atoms with van der Waals surface area (Å²) in [5, 5.41) is 1.98. The Hall–Kier alpha value is -1.63. The largest absolute Gasteiger partial charge is 0.468 e. The summed E-state index contributed by atoms with van der Waals surface area (Å²) in [6, 6.07) is -1.62. The second kappa shape index (κ2) is 6.85. The first-order chi connectivity index (χ1) is 7.79. The van der Waals surface area contributed by atoms with Crippen molar-refractivity contribution in [3.63, 3.8) is 0 Å². The van der Waals surface area contributed by atoms with Crippen LogP contribution >= 0.6 is 0 Å². The van der Waals surface area contributed by atoms with Crippen molar-refractivity contribution in [3.8, 4) is 0 Å². The average molecular weight is 245 g/mol. The van der Waals surface area contributed by atoms with Crippen molar-refractivity contribution in [2.24, 2.45) is 5.73 Å². The number of imide groups is 1. The third-order valence-electron chi connectivity index (χ3n) is 2.33. The lowest BCUT2D eigenvalue weighted by atomic mass is 10.2. The summed E-state index contributed by atoms with van der Waals surface area (Å²) < 4.78 is 4.54. The maximum Gasteiger partial charge on any atom is 0.319 e. The zero-order chi connectivity index (χ0) is 13.6. The van der Waals surface area contributed by atoms with E-state index in [2.05, 4.69) is 4.74 Å². The van der Waals surface area contributed by atoms with E-state index in [0.717, 1.165) is 0 Å². The minimum Gasteiger partial charge on any atom is -0.468 e. The molecule has 7 nitrogen and oxygen atoms in total. The van der Waals surface area contributed by atoms with Gasteiger partial charge in [0.05, 0.1) is 19.7 Å². The van der Waals surface area contributed by atoms with E-state index in [0.29, 0.717) is 0 Å². The minimum atomic E-state index is -0.913. The highest BCUT2D eigenvalue weighted by atomic mass is 16.5. The van der Waals surface area contributed by atoms with E-state index in [-0.39, 0.29) is 12.6 Å². The number of urea groups is 1. The molecule has 0 aromatic carbocycles. The molecule has 0 saturated heterocycles. The topological polar surface area (TPSA) is 102 Å². The molecule has 7 heteroatoms. The van der Waals surface area contributed by atoms with Crippen molar-refractivity contribution in [2.75, 3.05) is 13.7 Å². The molecule has 0 heterocycles. The van der Waals surface area contributed by atoms with Crippen LogP contribution in [-0.4, -0.2) is 48.5 Å². The summed E-state index contributed by atoms with van der Waals surface area (Å²) in [7, 11) is 1.27. The summed E-state index contributed by atoms with van der Waals surface area (Å²) in [5.41, 5.74) is 4.85. The van der Waals surface area contributed by atoms with Crippen molar-refractivity contribution in [3.05, 3.63) is 0 Å². The van der Waals surface area contributed by atoms with Crippen molar-refractivity contribution in [1.29, 1.82) is 0 Å². The van der Waals surface area contributed by atoms with E-state index in [1.54, 1.807) is 11.8 Å². The quantitative estimate of drug-likeness (QED) is 0.633. The van der Waals surface area contributed by atoms with Gasteiger partial charge in [-0.25, -0.2) is 4.79 Å². The van der Waals surface area contributed by atoms with Gasteiger partial charge < -0.3 is 10.5 Å². The highest BCUT2D eigenvalue weighted by Crippen LogP contribution is 2.05. The van der Waals surface area contributed by atoms with E-state index < -0.39 is 23.9 Å². The van der Waals surface area contributed by atoms with Crippen LogP contribution in [0.25, 0.3) is 0 Å². The SMILES string of the molecule is COC(=O)CN(C(C)C)C(C)C(=O)NC(N)=O. The van der Waals surface area contributed by atoms with Gasteiger partial charge in [0, 0.05) is 6.04 Å². The molecule has 98 valence electrons. The number of primary amides is 1. The average Bonchev–Trinajstić information content (AvgIpc) is 2.23. The van der Waals surface area contributed by atoms with Crippen molar-refractivity contribution < 1.29 is 19.1 Å². The van der Waals surface area contributed by atoms with Gasteiger partial charge in [0.25, 0.3) is 0 Å². The molecule has 0 aliphatic rings. The first-order valence-corrected chi connectivity index (χ1v) is 5.22. The maximum absolute atomic E-state index is 11.6. The Morgan fingerprint density at radius 1 is 1.29 bits per heavy atom. The molecule has 0 bridgehead atoms. The van der Waals surface area contributed by atoms with Gasteiger partial charge in [0.15, 0.2) is 0 Å². The van der Waals surface area contributed by atoms with E-state index >= 15 is 0 Å². The van der Waals surface area contributed by atoms with Crippen LogP contribution in [0, 0.1) is 0 Å². The Morgan fingerprint density at radius 2 is 1.82 bits per heavy atom. The molecule has 3 N–H and O–H groups in total. The van der Waals surface area contributed by atoms with Crippen LogP contribution < -0.4 is 11.1 Å². The van der Waals surface area contributed by atoms with E-state index in [1.807, 2.05) is 19.2 Å². The molecular weight excluding hydrogens is 226 g/mol. The Morgan fingerprint density at radius 3 is 2.18 bits per heavy atom. The maximum atomic E-state index is 11.6. The molecule has 0 aliphatic carbocycles. The Kier molecular flexibility index (Phi) is 6.19. The summed E-state index contributed by atoms with van der Waals surface area (Å²) in [5.74, 6) is -0.993. The summed E-state index contributed by atoms with van der Waals surface area (Å²) in [4.78, 5) is 34.9.